The molecule has 3 nitrogen and oxygen atoms in total. The van der Waals surface area contributed by atoms with Crippen molar-refractivity contribution in [1.29, 1.82) is 0 Å². The number of carbonyl (C=O) groups excluding carboxylic acids is 1. The second-order valence-electron chi connectivity index (χ2n) is 3.72. The third kappa shape index (κ3) is 5.14. The van der Waals surface area contributed by atoms with Gasteiger partial charge >= 0.3 is 0 Å². The summed E-state index contributed by atoms with van der Waals surface area (Å²) in [4.78, 5) is 11.8. The van der Waals surface area contributed by atoms with Gasteiger partial charge in [0.15, 0.2) is 0 Å². The molecule has 1 rings (SSSR count). The van der Waals surface area contributed by atoms with Crippen LogP contribution in [0.1, 0.15) is 16.8 Å². The molecule has 0 fully saturated rings. The van der Waals surface area contributed by atoms with E-state index >= 15 is 0 Å². The number of methoxy groups -OCH3 is 1. The molecule has 0 radical (unpaired) electrons. The van der Waals surface area contributed by atoms with Crippen LogP contribution >= 0.6 is 39.1 Å². The van der Waals surface area contributed by atoms with Crippen molar-refractivity contribution >= 4 is 45.0 Å². The van der Waals surface area contributed by atoms with E-state index in [-0.39, 0.29) is 11.3 Å². The number of rotatable bonds is 6. The minimum Gasteiger partial charge on any atom is -0.383 e. The fourth-order valence-corrected chi connectivity index (χ4v) is 2.37. The highest BCUT2D eigenvalue weighted by molar-refractivity contribution is 9.10. The molecule has 0 spiro atoms. The summed E-state index contributed by atoms with van der Waals surface area (Å²) in [5.74, 6) is -0.200. The lowest BCUT2D eigenvalue weighted by atomic mass is 10.2. The SMILES string of the molecule is COCC(Cl)CCNC(=O)c1ccc(Br)cc1Cl. The topological polar surface area (TPSA) is 38.3 Å². The second-order valence-corrected chi connectivity index (χ2v) is 5.66. The van der Waals surface area contributed by atoms with Crippen LogP contribution in [0.3, 0.4) is 0 Å². The zero-order chi connectivity index (χ0) is 13.5. The molecule has 1 atom stereocenters. The highest BCUT2D eigenvalue weighted by Gasteiger charge is 2.11. The van der Waals surface area contributed by atoms with Gasteiger partial charge in [0.25, 0.3) is 5.91 Å². The van der Waals surface area contributed by atoms with Gasteiger partial charge in [0.2, 0.25) is 0 Å². The molecule has 0 aliphatic rings. The van der Waals surface area contributed by atoms with Crippen molar-refractivity contribution in [2.45, 2.75) is 11.8 Å². The Morgan fingerprint density at radius 3 is 2.89 bits per heavy atom. The van der Waals surface area contributed by atoms with Gasteiger partial charge in [-0.15, -0.1) is 11.6 Å². The molecule has 1 N–H and O–H groups in total. The van der Waals surface area contributed by atoms with Crippen LogP contribution < -0.4 is 5.32 Å². The van der Waals surface area contributed by atoms with E-state index < -0.39 is 0 Å². The van der Waals surface area contributed by atoms with Crippen molar-refractivity contribution < 1.29 is 9.53 Å². The molecular formula is C12H14BrCl2NO2. The molecule has 0 aliphatic carbocycles. The van der Waals surface area contributed by atoms with Crippen molar-refractivity contribution in [2.24, 2.45) is 0 Å². The molecule has 0 heterocycles. The molecule has 1 unspecified atom stereocenters. The summed E-state index contributed by atoms with van der Waals surface area (Å²) in [6, 6.07) is 5.14. The standard InChI is InChI=1S/C12H14BrCl2NO2/c1-18-7-9(14)4-5-16-12(17)10-3-2-8(13)6-11(10)15/h2-3,6,9H,4-5,7H2,1H3,(H,16,17). The molecule has 0 aromatic heterocycles. The molecule has 0 bridgehead atoms. The van der Waals surface area contributed by atoms with Crippen LogP contribution in [-0.2, 0) is 4.74 Å². The van der Waals surface area contributed by atoms with E-state index in [4.69, 9.17) is 27.9 Å². The quantitative estimate of drug-likeness (QED) is 0.794. The highest BCUT2D eigenvalue weighted by Crippen LogP contribution is 2.21. The molecule has 0 saturated heterocycles. The number of halogens is 3. The Bertz CT molecular complexity index is 415. The van der Waals surface area contributed by atoms with E-state index in [1.54, 1.807) is 25.3 Å². The van der Waals surface area contributed by atoms with Crippen LogP contribution in [-0.4, -0.2) is 31.5 Å². The number of alkyl halides is 1. The minimum atomic E-state index is -0.200. The normalized spacial score (nSPS) is 12.2. The van der Waals surface area contributed by atoms with Gasteiger partial charge in [-0.3, -0.25) is 4.79 Å². The summed E-state index contributed by atoms with van der Waals surface area (Å²) in [6.07, 6.45) is 0.648. The lowest BCUT2D eigenvalue weighted by Gasteiger charge is -2.10. The molecule has 6 heteroatoms. The number of hydrogen-bond acceptors (Lipinski definition) is 2. The minimum absolute atomic E-state index is 0.101. The summed E-state index contributed by atoms with van der Waals surface area (Å²) in [7, 11) is 1.59. The zero-order valence-corrected chi connectivity index (χ0v) is 13.0. The molecule has 18 heavy (non-hydrogen) atoms. The number of amides is 1. The van der Waals surface area contributed by atoms with Gasteiger partial charge in [-0.25, -0.2) is 0 Å². The van der Waals surface area contributed by atoms with Crippen LogP contribution in [0.2, 0.25) is 5.02 Å². The van der Waals surface area contributed by atoms with Crippen molar-refractivity contribution in [3.05, 3.63) is 33.3 Å². The Hall–Kier alpha value is -0.290. The molecule has 0 saturated carbocycles. The number of carbonyl (C=O) groups is 1. The molecular weight excluding hydrogens is 341 g/mol. The van der Waals surface area contributed by atoms with Crippen molar-refractivity contribution in [3.8, 4) is 0 Å². The summed E-state index contributed by atoms with van der Waals surface area (Å²) >= 11 is 15.2. The lowest BCUT2D eigenvalue weighted by molar-refractivity contribution is 0.0952. The summed E-state index contributed by atoms with van der Waals surface area (Å²) in [5, 5.41) is 3.09. The molecule has 1 amide bonds. The van der Waals surface area contributed by atoms with Gasteiger partial charge in [0, 0.05) is 18.1 Å². The summed E-state index contributed by atoms with van der Waals surface area (Å²) < 4.78 is 5.75. The van der Waals surface area contributed by atoms with E-state index in [0.717, 1.165) is 4.47 Å². The summed E-state index contributed by atoms with van der Waals surface area (Å²) in [6.45, 7) is 0.958. The van der Waals surface area contributed by atoms with E-state index in [2.05, 4.69) is 21.2 Å². The van der Waals surface area contributed by atoms with Gasteiger partial charge in [-0.2, -0.15) is 0 Å². The Labute approximate surface area is 125 Å². The van der Waals surface area contributed by atoms with Crippen LogP contribution in [0.4, 0.5) is 0 Å². The predicted molar refractivity (Wildman–Crippen MR) is 77.6 cm³/mol. The third-order valence-corrected chi connectivity index (χ3v) is 3.42. The van der Waals surface area contributed by atoms with Gasteiger partial charge in [-0.05, 0) is 24.6 Å². The van der Waals surface area contributed by atoms with Crippen LogP contribution in [0.15, 0.2) is 22.7 Å². The Morgan fingerprint density at radius 1 is 1.56 bits per heavy atom. The van der Waals surface area contributed by atoms with Gasteiger partial charge in [-0.1, -0.05) is 27.5 Å². The van der Waals surface area contributed by atoms with E-state index in [1.165, 1.54) is 0 Å². The lowest BCUT2D eigenvalue weighted by Crippen LogP contribution is -2.27. The monoisotopic (exact) mass is 353 g/mol. The van der Waals surface area contributed by atoms with Crippen LogP contribution in [0.5, 0.6) is 0 Å². The summed E-state index contributed by atoms with van der Waals surface area (Å²) in [5.41, 5.74) is 0.456. The first-order chi connectivity index (χ1) is 8.54. The number of hydrogen-bond donors (Lipinski definition) is 1. The zero-order valence-electron chi connectivity index (χ0n) is 9.88. The Morgan fingerprint density at radius 2 is 2.28 bits per heavy atom. The average molecular weight is 355 g/mol. The predicted octanol–water partition coefficient (Wildman–Crippen LogP) is 3.48. The molecule has 100 valence electrons. The van der Waals surface area contributed by atoms with E-state index in [9.17, 15) is 4.79 Å². The fraction of sp³-hybridized carbons (Fsp3) is 0.417. The maximum atomic E-state index is 11.8. The van der Waals surface area contributed by atoms with Gasteiger partial charge < -0.3 is 10.1 Å². The molecule has 0 aliphatic heterocycles. The number of benzene rings is 1. The Kier molecular flexibility index (Phi) is 7.00. The molecule has 1 aromatic carbocycles. The smallest absolute Gasteiger partial charge is 0.252 e. The number of ether oxygens (including phenoxy) is 1. The van der Waals surface area contributed by atoms with Crippen molar-refractivity contribution in [2.75, 3.05) is 20.3 Å². The van der Waals surface area contributed by atoms with Crippen molar-refractivity contribution in [3.63, 3.8) is 0 Å². The first-order valence-corrected chi connectivity index (χ1v) is 7.01. The number of nitrogens with one attached hydrogen (secondary N) is 1. The average Bonchev–Trinajstić information content (AvgIpc) is 2.29. The highest BCUT2D eigenvalue weighted by atomic mass is 79.9. The fourth-order valence-electron chi connectivity index (χ4n) is 1.38. The van der Waals surface area contributed by atoms with E-state index in [0.29, 0.717) is 30.2 Å². The second kappa shape index (κ2) is 8.00. The largest absolute Gasteiger partial charge is 0.383 e. The Balaban J connectivity index is 2.45. The van der Waals surface area contributed by atoms with Gasteiger partial charge in [0.05, 0.1) is 22.6 Å². The van der Waals surface area contributed by atoms with Crippen LogP contribution in [0.25, 0.3) is 0 Å². The molecule has 1 aromatic rings. The van der Waals surface area contributed by atoms with Gasteiger partial charge in [0.1, 0.15) is 0 Å². The first-order valence-electron chi connectivity index (χ1n) is 5.41. The van der Waals surface area contributed by atoms with E-state index in [1.807, 2.05) is 0 Å². The maximum absolute atomic E-state index is 11.8. The maximum Gasteiger partial charge on any atom is 0.252 e. The van der Waals surface area contributed by atoms with Crippen LogP contribution in [0, 0.1) is 0 Å². The van der Waals surface area contributed by atoms with Crippen molar-refractivity contribution in [1.82, 2.24) is 5.32 Å². The third-order valence-electron chi connectivity index (χ3n) is 2.27. The first kappa shape index (κ1) is 15.8.